The second-order valence-electron chi connectivity index (χ2n) is 7.34. The fraction of sp³-hybridized carbons (Fsp3) is 0.360. The Morgan fingerprint density at radius 1 is 1.00 bits per heavy atom. The van der Waals surface area contributed by atoms with Crippen LogP contribution in [0.4, 0.5) is 0 Å². The lowest BCUT2D eigenvalue weighted by atomic mass is 9.95. The molecule has 0 spiro atoms. The number of rotatable bonds is 10. The average molecular weight is 440 g/mol. The minimum atomic E-state index is -0.773. The topological polar surface area (TPSA) is 85.3 Å². The highest BCUT2D eigenvalue weighted by Crippen LogP contribution is 2.41. The molecule has 1 heterocycles. The molecule has 0 saturated carbocycles. The van der Waals surface area contributed by atoms with Gasteiger partial charge in [-0.25, -0.2) is 0 Å². The fourth-order valence-electron chi connectivity index (χ4n) is 3.69. The van der Waals surface area contributed by atoms with Crippen molar-refractivity contribution in [2.24, 2.45) is 0 Å². The SMILES string of the molecule is CCCOc1ccc(C2C(=C(O)c3ccccc3)C(=O)C(=O)N2CCOC)cc1OCC. The Kier molecular flexibility index (Phi) is 7.89. The number of carbonyl (C=O) groups is 2. The number of ketones is 1. The second kappa shape index (κ2) is 10.8. The molecular formula is C25H29NO6. The summed E-state index contributed by atoms with van der Waals surface area (Å²) in [6, 6.07) is 13.3. The van der Waals surface area contributed by atoms with E-state index in [1.165, 1.54) is 12.0 Å². The zero-order chi connectivity index (χ0) is 23.1. The number of hydrogen-bond acceptors (Lipinski definition) is 6. The summed E-state index contributed by atoms with van der Waals surface area (Å²) in [5.74, 6) is -0.492. The number of aliphatic hydroxyl groups excluding tert-OH is 1. The molecule has 0 aromatic heterocycles. The third-order valence-corrected chi connectivity index (χ3v) is 5.17. The molecule has 0 bridgehead atoms. The van der Waals surface area contributed by atoms with Gasteiger partial charge in [0.15, 0.2) is 11.5 Å². The largest absolute Gasteiger partial charge is 0.507 e. The van der Waals surface area contributed by atoms with Crippen molar-refractivity contribution in [1.82, 2.24) is 4.90 Å². The van der Waals surface area contributed by atoms with E-state index in [0.29, 0.717) is 35.8 Å². The molecule has 1 fully saturated rings. The first-order chi connectivity index (χ1) is 15.5. The zero-order valence-corrected chi connectivity index (χ0v) is 18.7. The van der Waals surface area contributed by atoms with Gasteiger partial charge in [0, 0.05) is 19.2 Å². The minimum absolute atomic E-state index is 0.0435. The van der Waals surface area contributed by atoms with Gasteiger partial charge in [0.1, 0.15) is 5.76 Å². The molecule has 7 heteroatoms. The molecule has 1 aliphatic heterocycles. The van der Waals surface area contributed by atoms with E-state index in [1.54, 1.807) is 42.5 Å². The van der Waals surface area contributed by atoms with E-state index in [1.807, 2.05) is 19.9 Å². The molecule has 0 radical (unpaired) electrons. The maximum absolute atomic E-state index is 13.0. The van der Waals surface area contributed by atoms with Gasteiger partial charge in [-0.1, -0.05) is 43.3 Å². The Labute approximate surface area is 188 Å². The number of carbonyl (C=O) groups excluding carboxylic acids is 2. The molecule has 3 rings (SSSR count). The van der Waals surface area contributed by atoms with Crippen molar-refractivity contribution in [2.45, 2.75) is 26.3 Å². The normalized spacial score (nSPS) is 17.6. The van der Waals surface area contributed by atoms with Crippen molar-refractivity contribution < 1.29 is 28.9 Å². The summed E-state index contributed by atoms with van der Waals surface area (Å²) in [4.78, 5) is 27.3. The van der Waals surface area contributed by atoms with Gasteiger partial charge in [-0.2, -0.15) is 0 Å². The van der Waals surface area contributed by atoms with Crippen LogP contribution in [0, 0.1) is 0 Å². The maximum atomic E-state index is 13.0. The summed E-state index contributed by atoms with van der Waals surface area (Å²) in [5, 5.41) is 11.0. The van der Waals surface area contributed by atoms with Crippen LogP contribution >= 0.6 is 0 Å². The lowest BCUT2D eigenvalue weighted by molar-refractivity contribution is -0.140. The molecule has 32 heavy (non-hydrogen) atoms. The number of Topliss-reactive ketones (excluding diaryl/α,β-unsaturated/α-hetero) is 1. The summed E-state index contributed by atoms with van der Waals surface area (Å²) in [7, 11) is 1.53. The number of hydrogen-bond donors (Lipinski definition) is 1. The smallest absolute Gasteiger partial charge is 0.295 e. The molecule has 1 atom stereocenters. The van der Waals surface area contributed by atoms with Crippen LogP contribution in [0.5, 0.6) is 11.5 Å². The molecule has 2 aromatic carbocycles. The van der Waals surface area contributed by atoms with Crippen LogP contribution in [-0.4, -0.2) is 55.2 Å². The van der Waals surface area contributed by atoms with Crippen LogP contribution in [0.2, 0.25) is 0 Å². The van der Waals surface area contributed by atoms with Crippen molar-refractivity contribution in [3.05, 3.63) is 65.2 Å². The minimum Gasteiger partial charge on any atom is -0.507 e. The number of aliphatic hydroxyl groups is 1. The Hall–Kier alpha value is -3.32. The summed E-state index contributed by atoms with van der Waals surface area (Å²) < 4.78 is 16.7. The van der Waals surface area contributed by atoms with Crippen LogP contribution in [0.3, 0.4) is 0 Å². The van der Waals surface area contributed by atoms with Gasteiger partial charge in [-0.05, 0) is 31.0 Å². The number of methoxy groups -OCH3 is 1. The maximum Gasteiger partial charge on any atom is 0.295 e. The number of amides is 1. The van der Waals surface area contributed by atoms with Crippen molar-refractivity contribution in [3.8, 4) is 11.5 Å². The van der Waals surface area contributed by atoms with E-state index in [-0.39, 0.29) is 24.5 Å². The average Bonchev–Trinajstić information content (AvgIpc) is 3.07. The van der Waals surface area contributed by atoms with Gasteiger partial charge in [0.25, 0.3) is 11.7 Å². The first-order valence-electron chi connectivity index (χ1n) is 10.8. The number of likely N-dealkylation sites (tertiary alicyclic amines) is 1. The Morgan fingerprint density at radius 3 is 2.41 bits per heavy atom. The van der Waals surface area contributed by atoms with Gasteiger partial charge in [-0.15, -0.1) is 0 Å². The van der Waals surface area contributed by atoms with Gasteiger partial charge in [-0.3, -0.25) is 9.59 Å². The lowest BCUT2D eigenvalue weighted by Gasteiger charge is -2.26. The first-order valence-corrected chi connectivity index (χ1v) is 10.8. The quantitative estimate of drug-likeness (QED) is 0.343. The molecule has 2 aromatic rings. The molecule has 170 valence electrons. The first kappa shape index (κ1) is 23.3. The Bertz CT molecular complexity index is 985. The van der Waals surface area contributed by atoms with E-state index in [4.69, 9.17) is 14.2 Å². The third-order valence-electron chi connectivity index (χ3n) is 5.17. The highest BCUT2D eigenvalue weighted by molar-refractivity contribution is 6.46. The lowest BCUT2D eigenvalue weighted by Crippen LogP contribution is -2.32. The van der Waals surface area contributed by atoms with Crippen LogP contribution in [0.15, 0.2) is 54.1 Å². The predicted molar refractivity (Wildman–Crippen MR) is 121 cm³/mol. The van der Waals surface area contributed by atoms with Gasteiger partial charge in [0.2, 0.25) is 0 Å². The fourth-order valence-corrected chi connectivity index (χ4v) is 3.69. The van der Waals surface area contributed by atoms with Crippen LogP contribution in [-0.2, 0) is 14.3 Å². The van der Waals surface area contributed by atoms with E-state index < -0.39 is 17.7 Å². The summed E-state index contributed by atoms with van der Waals surface area (Å²) >= 11 is 0. The third kappa shape index (κ3) is 4.78. The van der Waals surface area contributed by atoms with Crippen molar-refractivity contribution in [3.63, 3.8) is 0 Å². The van der Waals surface area contributed by atoms with Gasteiger partial charge in [0.05, 0.1) is 31.4 Å². The van der Waals surface area contributed by atoms with E-state index in [0.717, 1.165) is 6.42 Å². The van der Waals surface area contributed by atoms with E-state index >= 15 is 0 Å². The highest BCUT2D eigenvalue weighted by atomic mass is 16.5. The standard InChI is InChI=1S/C25H29NO6/c1-4-14-32-19-12-11-18(16-20(19)31-5-2)22-21(23(27)17-9-7-6-8-10-17)24(28)25(29)26(22)13-15-30-3/h6-12,16,22,27H,4-5,13-15H2,1-3H3. The molecule has 1 saturated heterocycles. The molecule has 1 amide bonds. The summed E-state index contributed by atoms with van der Waals surface area (Å²) in [5.41, 5.74) is 1.15. The Morgan fingerprint density at radius 2 is 1.75 bits per heavy atom. The van der Waals surface area contributed by atoms with E-state index in [2.05, 4.69) is 0 Å². The molecule has 1 N–H and O–H groups in total. The second-order valence-corrected chi connectivity index (χ2v) is 7.34. The predicted octanol–water partition coefficient (Wildman–Crippen LogP) is 3.94. The van der Waals surface area contributed by atoms with Crippen LogP contribution in [0.1, 0.15) is 37.4 Å². The van der Waals surface area contributed by atoms with Gasteiger partial charge >= 0.3 is 0 Å². The van der Waals surface area contributed by atoms with Crippen molar-refractivity contribution >= 4 is 17.4 Å². The summed E-state index contributed by atoms with van der Waals surface area (Å²) in [6.07, 6.45) is 0.849. The molecule has 1 unspecified atom stereocenters. The number of nitrogens with zero attached hydrogens (tertiary/aromatic N) is 1. The van der Waals surface area contributed by atoms with Crippen molar-refractivity contribution in [2.75, 3.05) is 33.5 Å². The van der Waals surface area contributed by atoms with Crippen molar-refractivity contribution in [1.29, 1.82) is 0 Å². The zero-order valence-electron chi connectivity index (χ0n) is 18.7. The number of ether oxygens (including phenoxy) is 3. The monoisotopic (exact) mass is 439 g/mol. The van der Waals surface area contributed by atoms with Crippen LogP contribution < -0.4 is 9.47 Å². The van der Waals surface area contributed by atoms with Gasteiger partial charge < -0.3 is 24.2 Å². The highest BCUT2D eigenvalue weighted by Gasteiger charge is 2.46. The molecule has 7 nitrogen and oxygen atoms in total. The molecular weight excluding hydrogens is 410 g/mol. The van der Waals surface area contributed by atoms with E-state index in [9.17, 15) is 14.7 Å². The Balaban J connectivity index is 2.14. The number of benzene rings is 2. The summed E-state index contributed by atoms with van der Waals surface area (Å²) in [6.45, 7) is 5.32. The van der Waals surface area contributed by atoms with Crippen LogP contribution in [0.25, 0.3) is 5.76 Å². The molecule has 0 aliphatic carbocycles. The molecule has 1 aliphatic rings.